The summed E-state index contributed by atoms with van der Waals surface area (Å²) in [5.74, 6) is -2.45. The fraction of sp³-hybridized carbons (Fsp3) is 0.474. The number of halogens is 3. The highest BCUT2D eigenvalue weighted by Gasteiger charge is 2.75. The summed E-state index contributed by atoms with van der Waals surface area (Å²) in [5.41, 5.74) is -1.96. The minimum atomic E-state index is -4.72. The Hall–Kier alpha value is -2.91. The van der Waals surface area contributed by atoms with Gasteiger partial charge in [-0.3, -0.25) is 9.59 Å². The second-order valence-electron chi connectivity index (χ2n) is 8.13. The molecule has 1 saturated heterocycles. The van der Waals surface area contributed by atoms with Crippen LogP contribution in [-0.2, 0) is 20.5 Å². The van der Waals surface area contributed by atoms with E-state index in [9.17, 15) is 22.8 Å². The van der Waals surface area contributed by atoms with E-state index in [1.165, 1.54) is 24.3 Å². The summed E-state index contributed by atoms with van der Waals surface area (Å²) in [7, 11) is 0. The largest absolute Gasteiger partial charge is 0.471 e. The molecule has 1 aliphatic carbocycles. The molecule has 2 aliphatic rings. The third-order valence-corrected chi connectivity index (χ3v) is 6.52. The number of aromatic nitrogens is 2. The molecule has 0 radical (unpaired) electrons. The van der Waals surface area contributed by atoms with Gasteiger partial charge in [0.15, 0.2) is 5.60 Å². The Labute approximate surface area is 163 Å². The normalized spacial score (nSPS) is 27.7. The van der Waals surface area contributed by atoms with Crippen molar-refractivity contribution in [3.8, 4) is 11.4 Å². The van der Waals surface area contributed by atoms with Crippen molar-refractivity contribution in [3.63, 3.8) is 0 Å². The SMILES string of the molecule is CC12CCC(C(=O)Nc3ccc(-c4noc(C(F)(F)F)n4)cc3)(OC1=O)C2(C)C. The first-order valence-corrected chi connectivity index (χ1v) is 8.97. The third kappa shape index (κ3) is 2.57. The molecule has 2 heterocycles. The number of anilines is 1. The molecule has 1 saturated carbocycles. The van der Waals surface area contributed by atoms with E-state index in [-0.39, 0.29) is 11.8 Å². The van der Waals surface area contributed by atoms with Crippen LogP contribution in [0.4, 0.5) is 18.9 Å². The van der Waals surface area contributed by atoms with Gasteiger partial charge in [-0.05, 0) is 44.0 Å². The van der Waals surface area contributed by atoms with E-state index in [4.69, 9.17) is 4.74 Å². The van der Waals surface area contributed by atoms with Gasteiger partial charge in [-0.2, -0.15) is 18.2 Å². The number of fused-ring (bicyclic) bond motifs is 2. The van der Waals surface area contributed by atoms with Crippen molar-refractivity contribution in [1.29, 1.82) is 0 Å². The van der Waals surface area contributed by atoms with Crippen LogP contribution in [0, 0.1) is 10.8 Å². The molecule has 10 heteroatoms. The number of nitrogens with one attached hydrogen (secondary N) is 1. The molecule has 154 valence electrons. The van der Waals surface area contributed by atoms with E-state index in [1.54, 1.807) is 0 Å². The average molecular weight is 409 g/mol. The molecule has 0 spiro atoms. The lowest BCUT2D eigenvalue weighted by atomic mass is 9.66. The topological polar surface area (TPSA) is 94.3 Å². The smallest absolute Gasteiger partial charge is 0.448 e. The molecule has 2 aromatic rings. The van der Waals surface area contributed by atoms with Crippen LogP contribution in [-0.4, -0.2) is 27.6 Å². The van der Waals surface area contributed by atoms with Gasteiger partial charge in [0.1, 0.15) is 0 Å². The molecule has 1 aromatic carbocycles. The molecule has 7 nitrogen and oxygen atoms in total. The van der Waals surface area contributed by atoms with Crippen molar-refractivity contribution >= 4 is 17.6 Å². The van der Waals surface area contributed by atoms with Gasteiger partial charge in [0.2, 0.25) is 5.82 Å². The van der Waals surface area contributed by atoms with Gasteiger partial charge < -0.3 is 14.6 Å². The van der Waals surface area contributed by atoms with Crippen molar-refractivity contribution in [2.45, 2.75) is 45.4 Å². The zero-order valence-electron chi connectivity index (χ0n) is 15.9. The molecule has 29 heavy (non-hydrogen) atoms. The number of carbonyl (C=O) groups is 2. The summed E-state index contributed by atoms with van der Waals surface area (Å²) in [4.78, 5) is 28.6. The molecule has 1 aromatic heterocycles. The Balaban J connectivity index is 1.53. The maximum absolute atomic E-state index is 13.0. The quantitative estimate of drug-likeness (QED) is 0.775. The lowest BCUT2D eigenvalue weighted by Gasteiger charge is -2.35. The summed E-state index contributed by atoms with van der Waals surface area (Å²) in [6.45, 7) is 5.51. The van der Waals surface area contributed by atoms with Crippen molar-refractivity contribution in [2.24, 2.45) is 10.8 Å². The number of benzene rings is 1. The van der Waals surface area contributed by atoms with Crippen molar-refractivity contribution in [3.05, 3.63) is 30.2 Å². The monoisotopic (exact) mass is 409 g/mol. The Morgan fingerprint density at radius 2 is 1.79 bits per heavy atom. The third-order valence-electron chi connectivity index (χ3n) is 6.52. The number of ether oxygens (including phenoxy) is 1. The molecule has 4 rings (SSSR count). The van der Waals surface area contributed by atoms with Crippen LogP contribution in [0.5, 0.6) is 0 Å². The molecule has 1 amide bonds. The van der Waals surface area contributed by atoms with Crippen LogP contribution in [0.1, 0.15) is 39.5 Å². The highest BCUT2D eigenvalue weighted by atomic mass is 19.4. The Morgan fingerprint density at radius 3 is 2.28 bits per heavy atom. The zero-order chi connectivity index (χ0) is 21.2. The summed E-state index contributed by atoms with van der Waals surface area (Å²) in [6, 6.07) is 5.93. The molecule has 2 atom stereocenters. The number of carbonyl (C=O) groups excluding carboxylic acids is 2. The molecule has 2 unspecified atom stereocenters. The number of esters is 1. The first-order valence-electron chi connectivity index (χ1n) is 8.97. The maximum Gasteiger partial charge on any atom is 0.471 e. The van der Waals surface area contributed by atoms with Crippen LogP contribution < -0.4 is 5.32 Å². The second kappa shape index (κ2) is 5.80. The van der Waals surface area contributed by atoms with E-state index < -0.39 is 34.4 Å². The maximum atomic E-state index is 13.0. The van der Waals surface area contributed by atoms with Gasteiger partial charge in [-0.25, -0.2) is 0 Å². The number of hydrogen-bond acceptors (Lipinski definition) is 6. The van der Waals surface area contributed by atoms with Gasteiger partial charge in [0.05, 0.1) is 5.41 Å². The summed E-state index contributed by atoms with van der Waals surface area (Å²) in [6.07, 6.45) is -3.74. The number of nitrogens with zero attached hydrogens (tertiary/aromatic N) is 2. The molecule has 2 fully saturated rings. The fourth-order valence-corrected chi connectivity index (χ4v) is 4.14. The minimum Gasteiger partial charge on any atom is -0.448 e. The number of alkyl halides is 3. The van der Waals surface area contributed by atoms with Gasteiger partial charge in [-0.15, -0.1) is 0 Å². The molecule has 1 N–H and O–H groups in total. The van der Waals surface area contributed by atoms with Crippen LogP contribution in [0.15, 0.2) is 28.8 Å². The highest BCUT2D eigenvalue weighted by molar-refractivity contribution is 6.03. The van der Waals surface area contributed by atoms with Gasteiger partial charge >= 0.3 is 18.0 Å². The van der Waals surface area contributed by atoms with E-state index in [1.807, 2.05) is 20.8 Å². The van der Waals surface area contributed by atoms with E-state index in [0.717, 1.165) is 0 Å². The Morgan fingerprint density at radius 1 is 1.14 bits per heavy atom. The summed E-state index contributed by atoms with van der Waals surface area (Å²) < 4.78 is 47.5. The minimum absolute atomic E-state index is 0.216. The van der Waals surface area contributed by atoms with Crippen molar-refractivity contribution in [1.82, 2.24) is 10.1 Å². The van der Waals surface area contributed by atoms with Crippen molar-refractivity contribution in [2.75, 3.05) is 5.32 Å². The van der Waals surface area contributed by atoms with Crippen LogP contribution in [0.3, 0.4) is 0 Å². The van der Waals surface area contributed by atoms with Crippen molar-refractivity contribution < 1.29 is 32.0 Å². The van der Waals surface area contributed by atoms with E-state index in [0.29, 0.717) is 24.1 Å². The van der Waals surface area contributed by atoms with Gasteiger partial charge in [0, 0.05) is 16.7 Å². The molecule has 2 bridgehead atoms. The predicted octanol–water partition coefficient (Wildman–Crippen LogP) is 3.82. The molecular formula is C19H18F3N3O4. The van der Waals surface area contributed by atoms with E-state index >= 15 is 0 Å². The first kappa shape index (κ1) is 19.4. The number of hydrogen-bond donors (Lipinski definition) is 1. The lowest BCUT2D eigenvalue weighted by molar-refractivity contribution is -0.165. The Bertz CT molecular complexity index is 999. The summed E-state index contributed by atoms with van der Waals surface area (Å²) >= 11 is 0. The standard InChI is InChI=1S/C19H18F3N3O4/c1-16(2)17(3)8-9-18(16,28-15(17)27)13(26)23-11-6-4-10(5-7-11)12-24-14(29-25-12)19(20,21)22/h4-7H,8-9H2,1-3H3,(H,23,26). The fourth-order valence-electron chi connectivity index (χ4n) is 4.14. The zero-order valence-corrected chi connectivity index (χ0v) is 15.9. The van der Waals surface area contributed by atoms with E-state index in [2.05, 4.69) is 20.0 Å². The average Bonchev–Trinajstić information content (AvgIpc) is 3.25. The molecule has 1 aliphatic heterocycles. The Kier molecular flexibility index (Phi) is 3.88. The first-order chi connectivity index (χ1) is 13.4. The lowest BCUT2D eigenvalue weighted by Crippen LogP contribution is -2.50. The van der Waals surface area contributed by atoms with Crippen LogP contribution >= 0.6 is 0 Å². The molecular weight excluding hydrogens is 391 g/mol. The number of rotatable bonds is 3. The van der Waals surface area contributed by atoms with Crippen LogP contribution in [0.25, 0.3) is 11.4 Å². The summed E-state index contributed by atoms with van der Waals surface area (Å²) in [5, 5.41) is 6.06. The van der Waals surface area contributed by atoms with Crippen LogP contribution in [0.2, 0.25) is 0 Å². The van der Waals surface area contributed by atoms with Gasteiger partial charge in [0.25, 0.3) is 5.91 Å². The van der Waals surface area contributed by atoms with Gasteiger partial charge in [-0.1, -0.05) is 19.0 Å². The number of amides is 1. The highest BCUT2D eigenvalue weighted by Crippen LogP contribution is 2.65. The second-order valence-corrected chi connectivity index (χ2v) is 8.13. The predicted molar refractivity (Wildman–Crippen MR) is 93.3 cm³/mol.